The SMILES string of the molecule is O=C(Nc1ccccc1Cl)c1cccc(N2C(=O)[C@H]3[C@@H]4C=C[C@H]([C@H]5C[C@H]45)[C@@H]3C2=O)c1. The lowest BCUT2D eigenvalue weighted by atomic mass is 9.63. The van der Waals surface area contributed by atoms with Crippen molar-refractivity contribution in [1.29, 1.82) is 0 Å². The molecule has 0 aromatic heterocycles. The molecule has 1 heterocycles. The fraction of sp³-hybridized carbons (Fsp3) is 0.292. The fourth-order valence-electron chi connectivity index (χ4n) is 5.75. The Hall–Kier alpha value is -2.92. The van der Waals surface area contributed by atoms with E-state index in [0.717, 1.165) is 6.42 Å². The Labute approximate surface area is 178 Å². The van der Waals surface area contributed by atoms with Gasteiger partial charge in [0, 0.05) is 5.56 Å². The van der Waals surface area contributed by atoms with Gasteiger partial charge in [-0.25, -0.2) is 4.90 Å². The van der Waals surface area contributed by atoms with E-state index >= 15 is 0 Å². The topological polar surface area (TPSA) is 66.5 Å². The maximum Gasteiger partial charge on any atom is 0.255 e. The van der Waals surface area contributed by atoms with Crippen molar-refractivity contribution in [2.24, 2.45) is 35.5 Å². The van der Waals surface area contributed by atoms with Gasteiger partial charge in [-0.1, -0.05) is 42.0 Å². The van der Waals surface area contributed by atoms with Crippen molar-refractivity contribution >= 4 is 40.7 Å². The summed E-state index contributed by atoms with van der Waals surface area (Å²) >= 11 is 6.13. The van der Waals surface area contributed by atoms with E-state index in [2.05, 4.69) is 17.5 Å². The fourth-order valence-corrected chi connectivity index (χ4v) is 5.94. The number of imide groups is 1. The van der Waals surface area contributed by atoms with Gasteiger partial charge < -0.3 is 5.32 Å². The highest BCUT2D eigenvalue weighted by Gasteiger charge is 2.67. The van der Waals surface area contributed by atoms with E-state index in [4.69, 9.17) is 11.6 Å². The van der Waals surface area contributed by atoms with E-state index in [1.165, 1.54) is 4.90 Å². The van der Waals surface area contributed by atoms with Crippen molar-refractivity contribution < 1.29 is 14.4 Å². The van der Waals surface area contributed by atoms with Crippen LogP contribution in [0.15, 0.2) is 60.7 Å². The number of allylic oxidation sites excluding steroid dienone is 2. The van der Waals surface area contributed by atoms with Gasteiger partial charge in [-0.3, -0.25) is 14.4 Å². The van der Waals surface area contributed by atoms with Gasteiger partial charge in [0.25, 0.3) is 5.91 Å². The minimum absolute atomic E-state index is 0.127. The predicted octanol–water partition coefficient (Wildman–Crippen LogP) is 4.15. The lowest BCUT2D eigenvalue weighted by Crippen LogP contribution is -2.40. The van der Waals surface area contributed by atoms with Crippen molar-refractivity contribution in [3.05, 3.63) is 71.3 Å². The second-order valence-electron chi connectivity index (χ2n) is 8.65. The van der Waals surface area contributed by atoms with Gasteiger partial charge in [0.15, 0.2) is 0 Å². The molecular weight excluding hydrogens is 400 g/mol. The van der Waals surface area contributed by atoms with Crippen molar-refractivity contribution in [1.82, 2.24) is 0 Å². The average Bonchev–Trinajstić information content (AvgIpc) is 3.53. The molecule has 2 aromatic rings. The summed E-state index contributed by atoms with van der Waals surface area (Å²) in [5.74, 6) is 0.377. The third-order valence-corrected chi connectivity index (χ3v) is 7.48. The van der Waals surface area contributed by atoms with Crippen LogP contribution < -0.4 is 10.2 Å². The van der Waals surface area contributed by atoms with Gasteiger partial charge in [-0.15, -0.1) is 0 Å². The number of rotatable bonds is 3. The Morgan fingerprint density at radius 3 is 2.27 bits per heavy atom. The molecule has 0 spiro atoms. The van der Waals surface area contributed by atoms with Crippen LogP contribution in [0.4, 0.5) is 11.4 Å². The molecule has 3 amide bonds. The Bertz CT molecular complexity index is 1110. The zero-order valence-corrected chi connectivity index (χ0v) is 16.8. The summed E-state index contributed by atoms with van der Waals surface area (Å²) < 4.78 is 0. The summed E-state index contributed by atoms with van der Waals surface area (Å²) in [7, 11) is 0. The van der Waals surface area contributed by atoms with E-state index in [-0.39, 0.29) is 41.4 Å². The molecule has 4 aliphatic carbocycles. The molecule has 2 bridgehead atoms. The molecule has 5 aliphatic rings. The quantitative estimate of drug-likeness (QED) is 0.601. The van der Waals surface area contributed by atoms with Crippen molar-refractivity contribution in [3.8, 4) is 0 Å². The highest BCUT2D eigenvalue weighted by molar-refractivity contribution is 6.34. The summed E-state index contributed by atoms with van der Waals surface area (Å²) in [5, 5.41) is 3.23. The first-order chi connectivity index (χ1) is 14.5. The predicted molar refractivity (Wildman–Crippen MR) is 113 cm³/mol. The minimum atomic E-state index is -0.343. The third kappa shape index (κ3) is 2.45. The Balaban J connectivity index is 1.30. The highest BCUT2D eigenvalue weighted by atomic mass is 35.5. The molecule has 3 fully saturated rings. The smallest absolute Gasteiger partial charge is 0.255 e. The number of halogens is 1. The van der Waals surface area contributed by atoms with Crippen LogP contribution in [0.3, 0.4) is 0 Å². The van der Waals surface area contributed by atoms with E-state index in [0.29, 0.717) is 33.8 Å². The first-order valence-electron chi connectivity index (χ1n) is 10.3. The number of para-hydroxylation sites is 1. The maximum absolute atomic E-state index is 13.3. The zero-order chi connectivity index (χ0) is 20.6. The normalized spacial score (nSPS) is 32.8. The summed E-state index contributed by atoms with van der Waals surface area (Å²) in [4.78, 5) is 40.6. The summed E-state index contributed by atoms with van der Waals surface area (Å²) in [5.41, 5.74) is 1.34. The molecular formula is C24H19ClN2O3. The van der Waals surface area contributed by atoms with E-state index < -0.39 is 0 Å². The van der Waals surface area contributed by atoms with E-state index in [1.807, 2.05) is 0 Å². The molecule has 0 radical (unpaired) electrons. The maximum atomic E-state index is 13.3. The molecule has 5 nitrogen and oxygen atoms in total. The summed E-state index contributed by atoms with van der Waals surface area (Å²) in [6.07, 6.45) is 5.44. The van der Waals surface area contributed by atoms with Gasteiger partial charge in [0.2, 0.25) is 11.8 Å². The van der Waals surface area contributed by atoms with Crippen molar-refractivity contribution in [2.75, 3.05) is 10.2 Å². The Kier molecular flexibility index (Phi) is 3.75. The van der Waals surface area contributed by atoms with Gasteiger partial charge >= 0.3 is 0 Å². The number of nitrogens with one attached hydrogen (secondary N) is 1. The van der Waals surface area contributed by atoms with Crippen molar-refractivity contribution in [3.63, 3.8) is 0 Å². The second kappa shape index (κ2) is 6.29. The minimum Gasteiger partial charge on any atom is -0.321 e. The van der Waals surface area contributed by atoms with Crippen LogP contribution in [0, 0.1) is 35.5 Å². The number of carbonyl (C=O) groups excluding carboxylic acids is 3. The molecule has 30 heavy (non-hydrogen) atoms. The first-order valence-corrected chi connectivity index (χ1v) is 10.6. The highest BCUT2D eigenvalue weighted by Crippen LogP contribution is 2.65. The zero-order valence-electron chi connectivity index (χ0n) is 16.0. The van der Waals surface area contributed by atoms with Crippen LogP contribution >= 0.6 is 11.6 Å². The van der Waals surface area contributed by atoms with Crippen LogP contribution in [-0.2, 0) is 9.59 Å². The standard InChI is InChI=1S/C24H19ClN2O3/c25-18-6-1-2-7-19(18)26-22(28)12-4-3-5-13(10-12)27-23(29)20-14-8-9-15(17-11-16(14)17)21(20)24(27)30/h1-10,14-17,20-21H,11H2,(H,26,28)/t14-,15-,16-,17-,20+,21+/m1/s1. The third-order valence-electron chi connectivity index (χ3n) is 7.15. The van der Waals surface area contributed by atoms with E-state index in [1.54, 1.807) is 48.5 Å². The number of hydrogen-bond donors (Lipinski definition) is 1. The molecule has 0 unspecified atom stereocenters. The lowest BCUT2D eigenvalue weighted by molar-refractivity contribution is -0.124. The monoisotopic (exact) mass is 418 g/mol. The van der Waals surface area contributed by atoms with Gasteiger partial charge in [-0.2, -0.15) is 0 Å². The van der Waals surface area contributed by atoms with Crippen LogP contribution in [0.5, 0.6) is 0 Å². The first kappa shape index (κ1) is 17.9. The molecule has 6 atom stereocenters. The van der Waals surface area contributed by atoms with Crippen LogP contribution in [0.25, 0.3) is 0 Å². The summed E-state index contributed by atoms with van der Waals surface area (Å²) in [6, 6.07) is 13.7. The van der Waals surface area contributed by atoms with Gasteiger partial charge in [0.05, 0.1) is 28.2 Å². The molecule has 1 N–H and O–H groups in total. The van der Waals surface area contributed by atoms with Crippen LogP contribution in [-0.4, -0.2) is 17.7 Å². The molecule has 7 rings (SSSR count). The second-order valence-corrected chi connectivity index (χ2v) is 9.06. The number of hydrogen-bond acceptors (Lipinski definition) is 3. The number of nitrogens with zero attached hydrogens (tertiary/aromatic N) is 1. The number of benzene rings is 2. The molecule has 2 saturated carbocycles. The largest absolute Gasteiger partial charge is 0.321 e. The molecule has 150 valence electrons. The van der Waals surface area contributed by atoms with Gasteiger partial charge in [-0.05, 0) is 60.4 Å². The number of anilines is 2. The summed E-state index contributed by atoms with van der Waals surface area (Å²) in [6.45, 7) is 0. The molecule has 6 heteroatoms. The van der Waals surface area contributed by atoms with E-state index in [9.17, 15) is 14.4 Å². The lowest BCUT2D eigenvalue weighted by Gasteiger charge is -2.37. The van der Waals surface area contributed by atoms with Crippen LogP contribution in [0.1, 0.15) is 16.8 Å². The van der Waals surface area contributed by atoms with Crippen LogP contribution in [0.2, 0.25) is 5.02 Å². The van der Waals surface area contributed by atoms with Crippen molar-refractivity contribution in [2.45, 2.75) is 6.42 Å². The number of amides is 3. The average molecular weight is 419 g/mol. The molecule has 1 saturated heterocycles. The Morgan fingerprint density at radius 1 is 0.933 bits per heavy atom. The molecule has 1 aliphatic heterocycles. The van der Waals surface area contributed by atoms with Gasteiger partial charge in [0.1, 0.15) is 0 Å². The molecule has 2 aromatic carbocycles. The number of carbonyl (C=O) groups is 3. The Morgan fingerprint density at radius 2 is 1.60 bits per heavy atom.